The highest BCUT2D eigenvalue weighted by Crippen LogP contribution is 2.16. The molecule has 0 bridgehead atoms. The molecule has 5 heteroatoms. The van der Waals surface area contributed by atoms with E-state index in [0.29, 0.717) is 18.5 Å². The Hall–Kier alpha value is -2.14. The lowest BCUT2D eigenvalue weighted by atomic mass is 10.1. The standard InChI is InChI=1S/C16H17NO3S/c1-12-10-21-11-14(12)16(20)17(9-15(18)19)8-7-13-5-3-2-4-6-13/h2-6,10-11H,7-9H2,1H3,(H,18,19). The second-order valence-electron chi connectivity index (χ2n) is 4.82. The lowest BCUT2D eigenvalue weighted by Crippen LogP contribution is -2.37. The fourth-order valence-electron chi connectivity index (χ4n) is 2.07. The summed E-state index contributed by atoms with van der Waals surface area (Å²) in [6, 6.07) is 9.74. The first-order valence-corrected chi connectivity index (χ1v) is 7.60. The summed E-state index contributed by atoms with van der Waals surface area (Å²) < 4.78 is 0. The number of carboxylic acids is 1. The topological polar surface area (TPSA) is 57.6 Å². The van der Waals surface area contributed by atoms with E-state index in [1.54, 1.807) is 5.38 Å². The molecule has 2 aromatic rings. The van der Waals surface area contributed by atoms with Gasteiger partial charge in [0.2, 0.25) is 0 Å². The molecule has 1 N–H and O–H groups in total. The molecule has 2 rings (SSSR count). The molecule has 0 unspecified atom stereocenters. The molecule has 1 amide bonds. The van der Waals surface area contributed by atoms with Crippen molar-refractivity contribution in [1.29, 1.82) is 0 Å². The number of carbonyl (C=O) groups excluding carboxylic acids is 1. The number of thiophene rings is 1. The number of nitrogens with zero attached hydrogens (tertiary/aromatic N) is 1. The van der Waals surface area contributed by atoms with Crippen molar-refractivity contribution in [2.24, 2.45) is 0 Å². The molecular weight excluding hydrogens is 286 g/mol. The van der Waals surface area contributed by atoms with Crippen molar-refractivity contribution in [3.63, 3.8) is 0 Å². The fourth-order valence-corrected chi connectivity index (χ4v) is 2.90. The highest BCUT2D eigenvalue weighted by molar-refractivity contribution is 7.08. The lowest BCUT2D eigenvalue weighted by molar-refractivity contribution is -0.137. The predicted molar refractivity (Wildman–Crippen MR) is 82.7 cm³/mol. The van der Waals surface area contributed by atoms with E-state index in [1.165, 1.54) is 16.2 Å². The van der Waals surface area contributed by atoms with E-state index in [-0.39, 0.29) is 12.5 Å². The number of carboxylic acid groups (broad SMARTS) is 1. The van der Waals surface area contributed by atoms with Gasteiger partial charge in [0.15, 0.2) is 0 Å². The summed E-state index contributed by atoms with van der Waals surface area (Å²) in [6.45, 7) is 1.98. The van der Waals surface area contributed by atoms with Crippen LogP contribution in [0, 0.1) is 6.92 Å². The third-order valence-corrected chi connectivity index (χ3v) is 4.07. The molecule has 0 radical (unpaired) electrons. The first-order valence-electron chi connectivity index (χ1n) is 6.65. The smallest absolute Gasteiger partial charge is 0.323 e. The Bertz CT molecular complexity index is 621. The Labute approximate surface area is 127 Å². The number of aryl methyl sites for hydroxylation is 1. The van der Waals surface area contributed by atoms with Crippen molar-refractivity contribution >= 4 is 23.2 Å². The Morgan fingerprint density at radius 3 is 2.48 bits per heavy atom. The largest absolute Gasteiger partial charge is 0.480 e. The van der Waals surface area contributed by atoms with Crippen LogP contribution in [0.4, 0.5) is 0 Å². The van der Waals surface area contributed by atoms with Gasteiger partial charge in [-0.15, -0.1) is 0 Å². The van der Waals surface area contributed by atoms with Crippen LogP contribution in [0.1, 0.15) is 21.5 Å². The minimum absolute atomic E-state index is 0.216. The van der Waals surface area contributed by atoms with Gasteiger partial charge in [0.05, 0.1) is 5.56 Å². The summed E-state index contributed by atoms with van der Waals surface area (Å²) in [6.07, 6.45) is 0.642. The Kier molecular flexibility index (Phi) is 5.11. The fraction of sp³-hybridized carbons (Fsp3) is 0.250. The summed E-state index contributed by atoms with van der Waals surface area (Å²) in [4.78, 5) is 24.8. The van der Waals surface area contributed by atoms with Gasteiger partial charge < -0.3 is 10.0 Å². The van der Waals surface area contributed by atoms with Crippen LogP contribution < -0.4 is 0 Å². The number of carbonyl (C=O) groups is 2. The van der Waals surface area contributed by atoms with E-state index in [1.807, 2.05) is 42.6 Å². The van der Waals surface area contributed by atoms with Crippen LogP contribution in [0.15, 0.2) is 41.1 Å². The molecule has 0 aliphatic rings. The molecule has 0 atom stereocenters. The molecule has 1 aromatic carbocycles. The average Bonchev–Trinajstić information content (AvgIpc) is 2.89. The van der Waals surface area contributed by atoms with Gasteiger partial charge in [-0.05, 0) is 29.9 Å². The van der Waals surface area contributed by atoms with E-state index in [4.69, 9.17) is 5.11 Å². The average molecular weight is 303 g/mol. The van der Waals surface area contributed by atoms with E-state index in [9.17, 15) is 9.59 Å². The van der Waals surface area contributed by atoms with Crippen LogP contribution >= 0.6 is 11.3 Å². The zero-order valence-electron chi connectivity index (χ0n) is 11.8. The molecule has 110 valence electrons. The third kappa shape index (κ3) is 4.16. The van der Waals surface area contributed by atoms with Gasteiger partial charge in [0, 0.05) is 11.9 Å². The van der Waals surface area contributed by atoms with Gasteiger partial charge in [-0.2, -0.15) is 11.3 Å². The van der Waals surface area contributed by atoms with Gasteiger partial charge in [-0.25, -0.2) is 0 Å². The van der Waals surface area contributed by atoms with Crippen LogP contribution in [0.5, 0.6) is 0 Å². The molecule has 1 aromatic heterocycles. The van der Waals surface area contributed by atoms with Crippen molar-refractivity contribution in [3.05, 3.63) is 57.8 Å². The third-order valence-electron chi connectivity index (χ3n) is 3.21. The second-order valence-corrected chi connectivity index (χ2v) is 5.57. The van der Waals surface area contributed by atoms with Crippen LogP contribution in [-0.2, 0) is 11.2 Å². The molecule has 0 aliphatic carbocycles. The first-order chi connectivity index (χ1) is 10.1. The maximum absolute atomic E-state index is 12.5. The van der Waals surface area contributed by atoms with E-state index in [2.05, 4.69) is 0 Å². The SMILES string of the molecule is Cc1cscc1C(=O)N(CCc1ccccc1)CC(=O)O. The summed E-state index contributed by atoms with van der Waals surface area (Å²) in [5.74, 6) is -1.21. The Morgan fingerprint density at radius 2 is 1.90 bits per heavy atom. The molecule has 0 aliphatic heterocycles. The molecule has 0 spiro atoms. The number of benzene rings is 1. The number of hydrogen-bond acceptors (Lipinski definition) is 3. The molecule has 1 heterocycles. The molecule has 0 fully saturated rings. The van der Waals surface area contributed by atoms with E-state index in [0.717, 1.165) is 11.1 Å². The zero-order valence-corrected chi connectivity index (χ0v) is 12.6. The Balaban J connectivity index is 2.09. The summed E-state index contributed by atoms with van der Waals surface area (Å²) in [5, 5.41) is 12.7. The normalized spacial score (nSPS) is 10.3. The van der Waals surface area contributed by atoms with Crippen molar-refractivity contribution in [1.82, 2.24) is 4.90 Å². The van der Waals surface area contributed by atoms with E-state index >= 15 is 0 Å². The van der Waals surface area contributed by atoms with Crippen molar-refractivity contribution < 1.29 is 14.7 Å². The zero-order chi connectivity index (χ0) is 15.2. The molecular formula is C16H17NO3S. The number of amides is 1. The van der Waals surface area contributed by atoms with Crippen LogP contribution in [0.2, 0.25) is 0 Å². The minimum atomic E-state index is -0.996. The Morgan fingerprint density at radius 1 is 1.19 bits per heavy atom. The van der Waals surface area contributed by atoms with Crippen molar-refractivity contribution in [3.8, 4) is 0 Å². The van der Waals surface area contributed by atoms with Gasteiger partial charge in [0.1, 0.15) is 6.54 Å². The molecule has 0 saturated carbocycles. The summed E-state index contributed by atoms with van der Waals surface area (Å²) in [5.41, 5.74) is 2.57. The van der Waals surface area contributed by atoms with Gasteiger partial charge >= 0.3 is 5.97 Å². The highest BCUT2D eigenvalue weighted by Gasteiger charge is 2.20. The first kappa shape index (κ1) is 15.3. The van der Waals surface area contributed by atoms with Crippen LogP contribution in [-0.4, -0.2) is 35.0 Å². The highest BCUT2D eigenvalue weighted by atomic mass is 32.1. The lowest BCUT2D eigenvalue weighted by Gasteiger charge is -2.20. The molecule has 0 saturated heterocycles. The number of hydrogen-bond donors (Lipinski definition) is 1. The summed E-state index contributed by atoms with van der Waals surface area (Å²) >= 11 is 1.45. The van der Waals surface area contributed by atoms with Crippen molar-refractivity contribution in [2.45, 2.75) is 13.3 Å². The predicted octanol–water partition coefficient (Wildman–Crippen LogP) is 2.83. The van der Waals surface area contributed by atoms with Crippen LogP contribution in [0.3, 0.4) is 0 Å². The maximum Gasteiger partial charge on any atom is 0.323 e. The van der Waals surface area contributed by atoms with Gasteiger partial charge in [-0.1, -0.05) is 30.3 Å². The van der Waals surface area contributed by atoms with Gasteiger partial charge in [0.25, 0.3) is 5.91 Å². The maximum atomic E-state index is 12.5. The van der Waals surface area contributed by atoms with E-state index < -0.39 is 5.97 Å². The van der Waals surface area contributed by atoms with Gasteiger partial charge in [-0.3, -0.25) is 9.59 Å². The molecule has 21 heavy (non-hydrogen) atoms. The summed E-state index contributed by atoms with van der Waals surface area (Å²) in [7, 11) is 0. The quantitative estimate of drug-likeness (QED) is 0.892. The molecule has 4 nitrogen and oxygen atoms in total. The second kappa shape index (κ2) is 7.04. The number of rotatable bonds is 6. The van der Waals surface area contributed by atoms with Crippen LogP contribution in [0.25, 0.3) is 0 Å². The number of aliphatic carboxylic acids is 1. The monoisotopic (exact) mass is 303 g/mol. The van der Waals surface area contributed by atoms with Crippen molar-refractivity contribution in [2.75, 3.05) is 13.1 Å². The minimum Gasteiger partial charge on any atom is -0.480 e.